The molecule has 1 fully saturated rings. The first kappa shape index (κ1) is 14.7. The van der Waals surface area contributed by atoms with Gasteiger partial charge in [-0.05, 0) is 40.0 Å². The molecule has 102 valence electrons. The van der Waals surface area contributed by atoms with Gasteiger partial charge in [0.1, 0.15) is 12.0 Å². The number of esters is 2. The second kappa shape index (κ2) is 5.98. The highest BCUT2D eigenvalue weighted by Gasteiger charge is 2.27. The van der Waals surface area contributed by atoms with Crippen LogP contribution < -0.4 is 0 Å². The Labute approximate surface area is 107 Å². The Hall–Kier alpha value is -1.39. The molecule has 5 nitrogen and oxygen atoms in total. The summed E-state index contributed by atoms with van der Waals surface area (Å²) in [5.41, 5.74) is -0.627. The van der Waals surface area contributed by atoms with E-state index in [1.54, 1.807) is 20.8 Å². The van der Waals surface area contributed by atoms with Crippen LogP contribution in [-0.4, -0.2) is 29.4 Å². The van der Waals surface area contributed by atoms with Gasteiger partial charge in [-0.2, -0.15) is 0 Å². The highest BCUT2D eigenvalue weighted by Crippen LogP contribution is 2.18. The summed E-state index contributed by atoms with van der Waals surface area (Å²) < 4.78 is 10.00. The van der Waals surface area contributed by atoms with Crippen molar-refractivity contribution in [3.05, 3.63) is 0 Å². The molecule has 0 aromatic carbocycles. The average molecular weight is 256 g/mol. The minimum Gasteiger partial charge on any atom is -0.460 e. The summed E-state index contributed by atoms with van der Waals surface area (Å²) in [5, 5.41) is 0. The van der Waals surface area contributed by atoms with Crippen LogP contribution in [0.25, 0.3) is 0 Å². The fourth-order valence-electron chi connectivity index (χ4n) is 1.77. The van der Waals surface area contributed by atoms with E-state index in [2.05, 4.69) is 0 Å². The van der Waals surface area contributed by atoms with Crippen LogP contribution in [0.3, 0.4) is 0 Å². The predicted octanol–water partition coefficient (Wildman–Crippen LogP) is 1.77. The zero-order valence-corrected chi connectivity index (χ0v) is 11.2. The van der Waals surface area contributed by atoms with E-state index in [9.17, 15) is 14.4 Å². The van der Waals surface area contributed by atoms with Crippen molar-refractivity contribution in [2.75, 3.05) is 0 Å². The average Bonchev–Trinajstić information content (AvgIpc) is 2.18. The molecular formula is C13H20O5. The molecule has 0 spiro atoms. The Kier molecular flexibility index (Phi) is 4.87. The van der Waals surface area contributed by atoms with Gasteiger partial charge in [-0.25, -0.2) is 0 Å². The molecule has 0 saturated heterocycles. The van der Waals surface area contributed by atoms with Crippen molar-refractivity contribution in [3.63, 3.8) is 0 Å². The largest absolute Gasteiger partial charge is 0.460 e. The first-order valence-electron chi connectivity index (χ1n) is 6.22. The summed E-state index contributed by atoms with van der Waals surface area (Å²) in [5.74, 6) is -1.38. The van der Waals surface area contributed by atoms with E-state index < -0.39 is 30.1 Å². The number of hydrogen-bond donors (Lipinski definition) is 0. The summed E-state index contributed by atoms with van der Waals surface area (Å²) in [6.07, 6.45) is 1.60. The molecule has 0 radical (unpaired) electrons. The Bertz CT molecular complexity index is 340. The Morgan fingerprint density at radius 1 is 1.22 bits per heavy atom. The van der Waals surface area contributed by atoms with Gasteiger partial charge in [0.15, 0.2) is 11.9 Å². The van der Waals surface area contributed by atoms with Gasteiger partial charge in [0.2, 0.25) is 0 Å². The van der Waals surface area contributed by atoms with Crippen LogP contribution in [0.4, 0.5) is 0 Å². The third-order valence-corrected chi connectivity index (χ3v) is 2.48. The lowest BCUT2D eigenvalue weighted by molar-refractivity contribution is -0.166. The number of carbonyl (C=O) groups excluding carboxylic acids is 3. The quantitative estimate of drug-likeness (QED) is 0.568. The zero-order chi connectivity index (χ0) is 13.8. The fourth-order valence-corrected chi connectivity index (χ4v) is 1.77. The second-order valence-corrected chi connectivity index (χ2v) is 5.45. The lowest BCUT2D eigenvalue weighted by atomic mass is 9.96. The first-order chi connectivity index (χ1) is 8.28. The number of ketones is 1. The maximum atomic E-state index is 11.5. The smallest absolute Gasteiger partial charge is 0.317 e. The van der Waals surface area contributed by atoms with Crippen LogP contribution in [-0.2, 0) is 23.9 Å². The summed E-state index contributed by atoms with van der Waals surface area (Å²) in [4.78, 5) is 34.3. The van der Waals surface area contributed by atoms with E-state index in [0.29, 0.717) is 12.8 Å². The van der Waals surface area contributed by atoms with Crippen molar-refractivity contribution in [1.82, 2.24) is 0 Å². The highest BCUT2D eigenvalue weighted by atomic mass is 16.6. The molecule has 0 aromatic rings. The molecule has 0 heterocycles. The van der Waals surface area contributed by atoms with E-state index in [4.69, 9.17) is 9.47 Å². The Morgan fingerprint density at radius 3 is 2.44 bits per heavy atom. The van der Waals surface area contributed by atoms with Crippen LogP contribution in [0.1, 0.15) is 52.9 Å². The minimum atomic E-state index is -0.690. The van der Waals surface area contributed by atoms with Gasteiger partial charge in [-0.3, -0.25) is 14.4 Å². The van der Waals surface area contributed by atoms with E-state index in [0.717, 1.165) is 12.8 Å². The maximum Gasteiger partial charge on any atom is 0.317 e. The number of carbonyl (C=O) groups is 3. The van der Waals surface area contributed by atoms with E-state index in [-0.39, 0.29) is 5.78 Å². The number of ether oxygens (including phenoxy) is 2. The molecule has 18 heavy (non-hydrogen) atoms. The van der Waals surface area contributed by atoms with Crippen molar-refractivity contribution >= 4 is 17.7 Å². The standard InChI is InChI=1S/C13H20O5/c1-13(2,3)18-12(16)8-11(15)17-10-7-5-4-6-9(10)14/h10H,4-8H2,1-3H3. The number of rotatable bonds is 3. The predicted molar refractivity (Wildman–Crippen MR) is 63.8 cm³/mol. The lowest BCUT2D eigenvalue weighted by Gasteiger charge is -2.22. The monoisotopic (exact) mass is 256 g/mol. The van der Waals surface area contributed by atoms with Crippen LogP contribution >= 0.6 is 0 Å². The third-order valence-electron chi connectivity index (χ3n) is 2.48. The molecule has 1 atom stereocenters. The van der Waals surface area contributed by atoms with Crippen molar-refractivity contribution in [3.8, 4) is 0 Å². The summed E-state index contributed by atoms with van der Waals surface area (Å²) in [6.45, 7) is 5.17. The zero-order valence-electron chi connectivity index (χ0n) is 11.2. The topological polar surface area (TPSA) is 69.7 Å². The Morgan fingerprint density at radius 2 is 1.89 bits per heavy atom. The maximum absolute atomic E-state index is 11.5. The fraction of sp³-hybridized carbons (Fsp3) is 0.769. The SMILES string of the molecule is CC(C)(C)OC(=O)CC(=O)OC1CCCCC1=O. The van der Waals surface area contributed by atoms with Crippen molar-refractivity contribution in [1.29, 1.82) is 0 Å². The van der Waals surface area contributed by atoms with Gasteiger partial charge >= 0.3 is 11.9 Å². The molecule has 0 bridgehead atoms. The van der Waals surface area contributed by atoms with Crippen molar-refractivity contribution in [2.45, 2.75) is 64.6 Å². The molecule has 1 saturated carbocycles. The molecule has 1 aliphatic rings. The molecule has 1 rings (SSSR count). The van der Waals surface area contributed by atoms with E-state index in [1.807, 2.05) is 0 Å². The molecule has 1 unspecified atom stereocenters. The minimum absolute atomic E-state index is 0.0567. The first-order valence-corrected chi connectivity index (χ1v) is 6.22. The second-order valence-electron chi connectivity index (χ2n) is 5.45. The molecular weight excluding hydrogens is 236 g/mol. The molecule has 1 aliphatic carbocycles. The van der Waals surface area contributed by atoms with E-state index >= 15 is 0 Å². The molecule has 0 aliphatic heterocycles. The van der Waals surface area contributed by atoms with Gasteiger partial charge < -0.3 is 9.47 Å². The van der Waals surface area contributed by atoms with Crippen LogP contribution in [0.5, 0.6) is 0 Å². The van der Waals surface area contributed by atoms with Crippen molar-refractivity contribution in [2.24, 2.45) is 0 Å². The van der Waals surface area contributed by atoms with Gasteiger partial charge in [-0.1, -0.05) is 0 Å². The molecule has 0 amide bonds. The van der Waals surface area contributed by atoms with Gasteiger partial charge in [0.25, 0.3) is 0 Å². The lowest BCUT2D eigenvalue weighted by Crippen LogP contribution is -2.32. The number of Topliss-reactive ketones (excluding diaryl/α,β-unsaturated/α-hetero) is 1. The number of hydrogen-bond acceptors (Lipinski definition) is 5. The molecule has 0 N–H and O–H groups in total. The summed E-state index contributed by atoms with van der Waals surface area (Å²) in [7, 11) is 0. The normalized spacial score (nSPS) is 20.4. The van der Waals surface area contributed by atoms with Gasteiger partial charge in [0, 0.05) is 6.42 Å². The Balaban J connectivity index is 2.37. The third kappa shape index (κ3) is 5.29. The van der Waals surface area contributed by atoms with E-state index in [1.165, 1.54) is 0 Å². The summed E-state index contributed by atoms with van der Waals surface area (Å²) >= 11 is 0. The van der Waals surface area contributed by atoms with Crippen LogP contribution in [0, 0.1) is 0 Å². The van der Waals surface area contributed by atoms with Gasteiger partial charge in [-0.15, -0.1) is 0 Å². The van der Waals surface area contributed by atoms with Crippen molar-refractivity contribution < 1.29 is 23.9 Å². The highest BCUT2D eigenvalue weighted by molar-refractivity contribution is 5.93. The molecule has 5 heteroatoms. The summed E-state index contributed by atoms with van der Waals surface area (Å²) in [6, 6.07) is 0. The van der Waals surface area contributed by atoms with Crippen LogP contribution in [0.15, 0.2) is 0 Å². The van der Waals surface area contributed by atoms with Gasteiger partial charge in [0.05, 0.1) is 0 Å². The molecule has 0 aromatic heterocycles. The van der Waals surface area contributed by atoms with Crippen LogP contribution in [0.2, 0.25) is 0 Å².